The Kier molecular flexibility index (Phi) is 4.92. The first-order chi connectivity index (χ1) is 11.5. The minimum Gasteiger partial charge on any atom is -0.326 e. The molecule has 1 fully saturated rings. The number of carbonyl (C=O) groups is 2. The lowest BCUT2D eigenvalue weighted by molar-refractivity contribution is -0.122. The van der Waals surface area contributed by atoms with Gasteiger partial charge >= 0.3 is 0 Å². The Morgan fingerprint density at radius 3 is 2.75 bits per heavy atom. The number of para-hydroxylation sites is 1. The summed E-state index contributed by atoms with van der Waals surface area (Å²) < 4.78 is 0.957. The van der Waals surface area contributed by atoms with Gasteiger partial charge in [0.2, 0.25) is 11.8 Å². The van der Waals surface area contributed by atoms with Crippen molar-refractivity contribution in [1.82, 2.24) is 0 Å². The molecule has 1 N–H and O–H groups in total. The molecule has 0 bridgehead atoms. The predicted octanol–water partition coefficient (Wildman–Crippen LogP) is 4.40. The number of hydrogen-bond acceptors (Lipinski definition) is 2. The van der Waals surface area contributed by atoms with Crippen molar-refractivity contribution >= 4 is 50.7 Å². The Hall–Kier alpha value is -1.85. The number of amides is 2. The van der Waals surface area contributed by atoms with Crippen LogP contribution in [-0.2, 0) is 9.59 Å². The van der Waals surface area contributed by atoms with Crippen molar-refractivity contribution in [1.29, 1.82) is 0 Å². The zero-order valence-corrected chi connectivity index (χ0v) is 15.4. The predicted molar refractivity (Wildman–Crippen MR) is 99.4 cm³/mol. The van der Waals surface area contributed by atoms with E-state index in [0.717, 1.165) is 15.7 Å². The maximum Gasteiger partial charge on any atom is 0.229 e. The molecule has 0 aliphatic carbocycles. The second-order valence-electron chi connectivity index (χ2n) is 5.81. The average molecular weight is 408 g/mol. The fourth-order valence-electron chi connectivity index (χ4n) is 2.79. The quantitative estimate of drug-likeness (QED) is 0.819. The lowest BCUT2D eigenvalue weighted by Gasteiger charge is -2.18. The van der Waals surface area contributed by atoms with Crippen molar-refractivity contribution in [3.05, 3.63) is 57.5 Å². The fourth-order valence-corrected chi connectivity index (χ4v) is 3.50. The number of aryl methyl sites for hydroxylation is 1. The van der Waals surface area contributed by atoms with Gasteiger partial charge in [0.25, 0.3) is 0 Å². The van der Waals surface area contributed by atoms with Crippen LogP contribution in [0.15, 0.2) is 46.9 Å². The first kappa shape index (κ1) is 17.0. The van der Waals surface area contributed by atoms with E-state index in [1.165, 1.54) is 0 Å². The highest BCUT2D eigenvalue weighted by atomic mass is 79.9. The normalized spacial score (nSPS) is 17.2. The van der Waals surface area contributed by atoms with Gasteiger partial charge in [0.05, 0.1) is 16.6 Å². The summed E-state index contributed by atoms with van der Waals surface area (Å²) in [5, 5.41) is 3.42. The van der Waals surface area contributed by atoms with E-state index < -0.39 is 5.92 Å². The van der Waals surface area contributed by atoms with Gasteiger partial charge in [0, 0.05) is 23.1 Å². The van der Waals surface area contributed by atoms with Crippen LogP contribution in [-0.4, -0.2) is 18.4 Å². The molecular formula is C18H16BrClN2O2. The fraction of sp³-hybridized carbons (Fsp3) is 0.222. The zero-order chi connectivity index (χ0) is 17.3. The summed E-state index contributed by atoms with van der Waals surface area (Å²) in [6.45, 7) is 2.26. The Morgan fingerprint density at radius 2 is 2.04 bits per heavy atom. The minimum absolute atomic E-state index is 0.0872. The van der Waals surface area contributed by atoms with E-state index >= 15 is 0 Å². The van der Waals surface area contributed by atoms with Gasteiger partial charge in [0.15, 0.2) is 0 Å². The number of carbonyl (C=O) groups excluding carboxylic acids is 2. The monoisotopic (exact) mass is 406 g/mol. The highest BCUT2D eigenvalue weighted by Crippen LogP contribution is 2.31. The van der Waals surface area contributed by atoms with Crippen molar-refractivity contribution in [2.24, 2.45) is 5.92 Å². The van der Waals surface area contributed by atoms with E-state index in [0.29, 0.717) is 17.3 Å². The maximum atomic E-state index is 12.5. The smallest absolute Gasteiger partial charge is 0.229 e. The molecule has 0 unspecified atom stereocenters. The molecule has 4 nitrogen and oxygen atoms in total. The largest absolute Gasteiger partial charge is 0.326 e. The third kappa shape index (κ3) is 3.47. The van der Waals surface area contributed by atoms with Crippen LogP contribution < -0.4 is 10.2 Å². The van der Waals surface area contributed by atoms with Crippen LogP contribution in [0.4, 0.5) is 11.4 Å². The van der Waals surface area contributed by atoms with Crippen molar-refractivity contribution in [3.8, 4) is 0 Å². The third-order valence-electron chi connectivity index (χ3n) is 4.09. The molecule has 2 amide bonds. The second-order valence-corrected chi connectivity index (χ2v) is 7.13. The second kappa shape index (κ2) is 6.95. The molecule has 6 heteroatoms. The van der Waals surface area contributed by atoms with Crippen LogP contribution in [0.3, 0.4) is 0 Å². The summed E-state index contributed by atoms with van der Waals surface area (Å²) in [6.07, 6.45) is 0.187. The molecule has 1 atom stereocenters. The number of rotatable bonds is 3. The van der Waals surface area contributed by atoms with Crippen LogP contribution in [0.25, 0.3) is 0 Å². The molecule has 1 heterocycles. The standard InChI is InChI=1S/C18H16BrClN2O2/c1-11-8-13(19)6-7-15(11)21-18(24)12-9-17(23)22(10-12)16-5-3-2-4-14(16)20/h2-8,12H,9-10H2,1H3,(H,21,24)/t12-/m0/s1. The summed E-state index contributed by atoms with van der Waals surface area (Å²) in [4.78, 5) is 26.4. The molecule has 124 valence electrons. The van der Waals surface area contributed by atoms with Gasteiger partial charge in [-0.25, -0.2) is 0 Å². The number of hydrogen-bond donors (Lipinski definition) is 1. The highest BCUT2D eigenvalue weighted by molar-refractivity contribution is 9.10. The Balaban J connectivity index is 1.73. The molecule has 1 aliphatic rings. The van der Waals surface area contributed by atoms with Gasteiger partial charge < -0.3 is 10.2 Å². The van der Waals surface area contributed by atoms with Crippen LogP contribution in [0.2, 0.25) is 5.02 Å². The van der Waals surface area contributed by atoms with E-state index in [4.69, 9.17) is 11.6 Å². The van der Waals surface area contributed by atoms with Crippen LogP contribution in [0.5, 0.6) is 0 Å². The van der Waals surface area contributed by atoms with Crippen molar-refractivity contribution in [2.45, 2.75) is 13.3 Å². The molecule has 2 aromatic carbocycles. The maximum absolute atomic E-state index is 12.5. The van der Waals surface area contributed by atoms with E-state index in [9.17, 15) is 9.59 Å². The summed E-state index contributed by atoms with van der Waals surface area (Å²) in [5.74, 6) is -0.629. The van der Waals surface area contributed by atoms with Gasteiger partial charge in [-0.3, -0.25) is 9.59 Å². The van der Waals surface area contributed by atoms with E-state index in [1.54, 1.807) is 17.0 Å². The number of nitrogens with one attached hydrogen (secondary N) is 1. The lowest BCUT2D eigenvalue weighted by Crippen LogP contribution is -2.28. The first-order valence-corrected chi connectivity index (χ1v) is 8.74. The van der Waals surface area contributed by atoms with Crippen molar-refractivity contribution in [2.75, 3.05) is 16.8 Å². The van der Waals surface area contributed by atoms with Crippen molar-refractivity contribution in [3.63, 3.8) is 0 Å². The number of anilines is 2. The summed E-state index contributed by atoms with van der Waals surface area (Å²) in [7, 11) is 0. The summed E-state index contributed by atoms with van der Waals surface area (Å²) >= 11 is 9.56. The van der Waals surface area contributed by atoms with Crippen molar-refractivity contribution < 1.29 is 9.59 Å². The molecule has 3 rings (SSSR count). The molecule has 0 saturated carbocycles. The Morgan fingerprint density at radius 1 is 1.29 bits per heavy atom. The first-order valence-electron chi connectivity index (χ1n) is 7.57. The Labute approximate surface area is 153 Å². The summed E-state index contributed by atoms with van der Waals surface area (Å²) in [5.41, 5.74) is 2.37. The average Bonchev–Trinajstić information content (AvgIpc) is 2.92. The van der Waals surface area contributed by atoms with Gasteiger partial charge in [-0.15, -0.1) is 0 Å². The van der Waals surface area contributed by atoms with E-state index in [1.807, 2.05) is 37.3 Å². The minimum atomic E-state index is -0.392. The van der Waals surface area contributed by atoms with Crippen LogP contribution >= 0.6 is 27.5 Å². The van der Waals surface area contributed by atoms with E-state index in [-0.39, 0.29) is 18.2 Å². The topological polar surface area (TPSA) is 49.4 Å². The van der Waals surface area contributed by atoms with Gasteiger partial charge in [-0.05, 0) is 42.8 Å². The molecule has 1 aliphatic heterocycles. The van der Waals surface area contributed by atoms with Gasteiger partial charge in [0.1, 0.15) is 0 Å². The third-order valence-corrected chi connectivity index (χ3v) is 4.90. The molecular weight excluding hydrogens is 392 g/mol. The molecule has 2 aromatic rings. The molecule has 0 radical (unpaired) electrons. The van der Waals surface area contributed by atoms with Gasteiger partial charge in [-0.2, -0.15) is 0 Å². The van der Waals surface area contributed by atoms with Crippen LogP contribution in [0, 0.1) is 12.8 Å². The lowest BCUT2D eigenvalue weighted by atomic mass is 10.1. The highest BCUT2D eigenvalue weighted by Gasteiger charge is 2.35. The molecule has 1 saturated heterocycles. The number of nitrogens with zero attached hydrogens (tertiary/aromatic N) is 1. The Bertz CT molecular complexity index is 809. The van der Waals surface area contributed by atoms with E-state index in [2.05, 4.69) is 21.2 Å². The molecule has 0 spiro atoms. The molecule has 0 aromatic heterocycles. The van der Waals surface area contributed by atoms with Gasteiger partial charge in [-0.1, -0.05) is 39.7 Å². The zero-order valence-electron chi connectivity index (χ0n) is 13.1. The number of halogens is 2. The molecule has 24 heavy (non-hydrogen) atoms. The summed E-state index contributed by atoms with van der Waals surface area (Å²) in [6, 6.07) is 12.8. The SMILES string of the molecule is Cc1cc(Br)ccc1NC(=O)[C@H]1CC(=O)N(c2ccccc2Cl)C1. The van der Waals surface area contributed by atoms with Crippen LogP contribution in [0.1, 0.15) is 12.0 Å². The number of benzene rings is 2.